The molecule has 2 amide bonds. The zero-order chi connectivity index (χ0) is 18.8. The Kier molecular flexibility index (Phi) is 8.71. The maximum absolute atomic E-state index is 12.7. The molecule has 2 rings (SSSR count). The van der Waals surface area contributed by atoms with Gasteiger partial charge in [-0.3, -0.25) is 9.59 Å². The van der Waals surface area contributed by atoms with E-state index in [1.54, 1.807) is 6.07 Å². The van der Waals surface area contributed by atoms with Crippen LogP contribution in [0.1, 0.15) is 43.0 Å². The van der Waals surface area contributed by atoms with Crippen molar-refractivity contribution in [2.24, 2.45) is 0 Å². The van der Waals surface area contributed by atoms with E-state index in [4.69, 9.17) is 16.3 Å². The lowest BCUT2D eigenvalue weighted by atomic mass is 10.1. The molecule has 6 nitrogen and oxygen atoms in total. The van der Waals surface area contributed by atoms with E-state index in [9.17, 15) is 9.59 Å². The highest BCUT2D eigenvalue weighted by molar-refractivity contribution is 6.29. The highest BCUT2D eigenvalue weighted by Crippen LogP contribution is 2.27. The summed E-state index contributed by atoms with van der Waals surface area (Å²) < 4.78 is 5.30. The molecule has 0 bridgehead atoms. The summed E-state index contributed by atoms with van der Waals surface area (Å²) in [7, 11) is 0. The van der Waals surface area contributed by atoms with E-state index >= 15 is 0 Å². The predicted molar refractivity (Wildman–Crippen MR) is 105 cm³/mol. The summed E-state index contributed by atoms with van der Waals surface area (Å²) in [4.78, 5) is 26.5. The van der Waals surface area contributed by atoms with Gasteiger partial charge in [-0.05, 0) is 50.8 Å². The van der Waals surface area contributed by atoms with Crippen molar-refractivity contribution in [3.05, 3.63) is 23.8 Å². The molecule has 144 valence electrons. The monoisotopic (exact) mass is 381 g/mol. The number of nitrogens with zero attached hydrogens (tertiary/aromatic N) is 1. The number of ether oxygens (including phenoxy) is 1. The quantitative estimate of drug-likeness (QED) is 0.509. The highest BCUT2D eigenvalue weighted by Gasteiger charge is 2.19. The van der Waals surface area contributed by atoms with Crippen LogP contribution in [0.25, 0.3) is 0 Å². The largest absolute Gasteiger partial charge is 0.382 e. The molecule has 0 aromatic heterocycles. The molecule has 26 heavy (non-hydrogen) atoms. The van der Waals surface area contributed by atoms with Crippen molar-refractivity contribution in [1.82, 2.24) is 5.32 Å². The van der Waals surface area contributed by atoms with Gasteiger partial charge in [-0.1, -0.05) is 0 Å². The zero-order valence-electron chi connectivity index (χ0n) is 15.4. The van der Waals surface area contributed by atoms with Crippen LogP contribution in [0.3, 0.4) is 0 Å². The van der Waals surface area contributed by atoms with Crippen LogP contribution < -0.4 is 15.5 Å². The molecule has 1 aromatic rings. The van der Waals surface area contributed by atoms with Gasteiger partial charge in [-0.25, -0.2) is 0 Å². The summed E-state index contributed by atoms with van der Waals surface area (Å²) in [6, 6.07) is 5.46. The van der Waals surface area contributed by atoms with Crippen molar-refractivity contribution in [3.8, 4) is 0 Å². The number of benzene rings is 1. The summed E-state index contributed by atoms with van der Waals surface area (Å²) in [5, 5.41) is 5.66. The van der Waals surface area contributed by atoms with Crippen LogP contribution in [-0.4, -0.2) is 50.5 Å². The van der Waals surface area contributed by atoms with Crippen LogP contribution in [0.4, 0.5) is 11.4 Å². The van der Waals surface area contributed by atoms with E-state index in [0.717, 1.165) is 38.0 Å². The number of nitrogens with one attached hydrogen (secondary N) is 2. The van der Waals surface area contributed by atoms with Gasteiger partial charge in [0.1, 0.15) is 5.88 Å². The Labute approximate surface area is 160 Å². The third-order valence-corrected chi connectivity index (χ3v) is 4.54. The molecule has 1 aromatic carbocycles. The van der Waals surface area contributed by atoms with Gasteiger partial charge in [0.2, 0.25) is 5.91 Å². The van der Waals surface area contributed by atoms with Gasteiger partial charge < -0.3 is 20.3 Å². The maximum Gasteiger partial charge on any atom is 0.253 e. The van der Waals surface area contributed by atoms with Crippen LogP contribution in [0.5, 0.6) is 0 Å². The van der Waals surface area contributed by atoms with Crippen LogP contribution >= 0.6 is 11.6 Å². The second kappa shape index (κ2) is 11.0. The molecule has 0 radical (unpaired) electrons. The molecular weight excluding hydrogens is 354 g/mol. The Morgan fingerprint density at radius 3 is 2.69 bits per heavy atom. The van der Waals surface area contributed by atoms with Gasteiger partial charge in [0, 0.05) is 44.2 Å². The lowest BCUT2D eigenvalue weighted by Gasteiger charge is -2.30. The number of hydrogen-bond acceptors (Lipinski definition) is 4. The molecule has 0 unspecified atom stereocenters. The number of piperidine rings is 1. The predicted octanol–water partition coefficient (Wildman–Crippen LogP) is 3.01. The van der Waals surface area contributed by atoms with E-state index in [0.29, 0.717) is 31.0 Å². The van der Waals surface area contributed by atoms with Crippen molar-refractivity contribution < 1.29 is 14.3 Å². The number of anilines is 2. The third kappa shape index (κ3) is 6.18. The summed E-state index contributed by atoms with van der Waals surface area (Å²) in [6.45, 7) is 5.69. The summed E-state index contributed by atoms with van der Waals surface area (Å²) >= 11 is 5.56. The van der Waals surface area contributed by atoms with E-state index in [1.165, 1.54) is 6.42 Å². The highest BCUT2D eigenvalue weighted by atomic mass is 35.5. The van der Waals surface area contributed by atoms with Gasteiger partial charge in [-0.15, -0.1) is 11.6 Å². The molecule has 1 aliphatic heterocycles. The number of amides is 2. The van der Waals surface area contributed by atoms with Crippen molar-refractivity contribution in [3.63, 3.8) is 0 Å². The van der Waals surface area contributed by atoms with Gasteiger partial charge in [0.05, 0.1) is 5.56 Å². The fraction of sp³-hybridized carbons (Fsp3) is 0.579. The average molecular weight is 382 g/mol. The van der Waals surface area contributed by atoms with Crippen molar-refractivity contribution in [2.45, 2.75) is 32.6 Å². The van der Waals surface area contributed by atoms with Crippen LogP contribution in [-0.2, 0) is 9.53 Å². The molecule has 1 saturated heterocycles. The van der Waals surface area contributed by atoms with Crippen molar-refractivity contribution >= 4 is 34.8 Å². The summed E-state index contributed by atoms with van der Waals surface area (Å²) in [5.74, 6) is -0.545. The third-order valence-electron chi connectivity index (χ3n) is 4.30. The first-order valence-electron chi connectivity index (χ1n) is 9.26. The second-order valence-electron chi connectivity index (χ2n) is 6.27. The molecule has 7 heteroatoms. The van der Waals surface area contributed by atoms with Crippen LogP contribution in [0.2, 0.25) is 0 Å². The van der Waals surface area contributed by atoms with Gasteiger partial charge >= 0.3 is 0 Å². The molecule has 2 N–H and O–H groups in total. The SMILES string of the molecule is CCOCCCNC(=O)c1cc(NC(=O)CCl)ccc1N1CCCCC1. The van der Waals surface area contributed by atoms with Crippen molar-refractivity contribution in [1.29, 1.82) is 0 Å². The molecule has 1 heterocycles. The Morgan fingerprint density at radius 2 is 2.00 bits per heavy atom. The first kappa shape index (κ1) is 20.5. The number of alkyl halides is 1. The average Bonchev–Trinajstić information content (AvgIpc) is 2.68. The lowest BCUT2D eigenvalue weighted by molar-refractivity contribution is -0.113. The molecule has 0 spiro atoms. The fourth-order valence-electron chi connectivity index (χ4n) is 3.02. The Balaban J connectivity index is 2.13. The standard InChI is InChI=1S/C19H28ClN3O3/c1-2-26-12-6-9-21-19(25)16-13-15(22-18(24)14-20)7-8-17(16)23-10-4-3-5-11-23/h7-8,13H,2-6,9-12,14H2,1H3,(H,21,25)(H,22,24). The normalized spacial score (nSPS) is 14.2. The van der Waals surface area contributed by atoms with E-state index < -0.39 is 0 Å². The van der Waals surface area contributed by atoms with Gasteiger partial charge in [0.15, 0.2) is 0 Å². The molecule has 0 atom stereocenters. The second-order valence-corrected chi connectivity index (χ2v) is 6.54. The Morgan fingerprint density at radius 1 is 1.23 bits per heavy atom. The number of hydrogen-bond donors (Lipinski definition) is 2. The first-order chi connectivity index (χ1) is 12.7. The number of halogens is 1. The molecule has 1 aliphatic rings. The molecular formula is C19H28ClN3O3. The topological polar surface area (TPSA) is 70.7 Å². The smallest absolute Gasteiger partial charge is 0.253 e. The first-order valence-corrected chi connectivity index (χ1v) is 9.80. The van der Waals surface area contributed by atoms with Gasteiger partial charge in [0.25, 0.3) is 5.91 Å². The van der Waals surface area contributed by atoms with E-state index in [1.807, 2.05) is 19.1 Å². The van der Waals surface area contributed by atoms with Gasteiger partial charge in [-0.2, -0.15) is 0 Å². The minimum Gasteiger partial charge on any atom is -0.382 e. The number of carbonyl (C=O) groups is 2. The minimum absolute atomic E-state index is 0.118. The van der Waals surface area contributed by atoms with Crippen molar-refractivity contribution in [2.75, 3.05) is 48.9 Å². The number of carbonyl (C=O) groups excluding carboxylic acids is 2. The van der Waals surface area contributed by atoms with E-state index in [-0.39, 0.29) is 17.7 Å². The summed E-state index contributed by atoms with van der Waals surface area (Å²) in [5.41, 5.74) is 2.07. The van der Waals surface area contributed by atoms with E-state index in [2.05, 4.69) is 15.5 Å². The lowest BCUT2D eigenvalue weighted by Crippen LogP contribution is -2.33. The maximum atomic E-state index is 12.7. The fourth-order valence-corrected chi connectivity index (χ4v) is 3.08. The number of rotatable bonds is 9. The Bertz CT molecular complexity index is 604. The van der Waals surface area contributed by atoms with Crippen LogP contribution in [0, 0.1) is 0 Å². The summed E-state index contributed by atoms with van der Waals surface area (Å²) in [6.07, 6.45) is 4.24. The Hall–Kier alpha value is -1.79. The molecule has 0 aliphatic carbocycles. The minimum atomic E-state index is -0.291. The zero-order valence-corrected chi connectivity index (χ0v) is 16.1. The van der Waals surface area contributed by atoms with Crippen LogP contribution in [0.15, 0.2) is 18.2 Å². The molecule has 0 saturated carbocycles. The molecule has 1 fully saturated rings.